The van der Waals surface area contributed by atoms with E-state index in [1.165, 1.54) is 0 Å². The first kappa shape index (κ1) is 15.2. The van der Waals surface area contributed by atoms with Crippen molar-refractivity contribution >= 4 is 11.8 Å². The molecule has 0 aliphatic heterocycles. The van der Waals surface area contributed by atoms with Crippen LogP contribution in [0.2, 0.25) is 0 Å². The molecule has 0 aliphatic carbocycles. The van der Waals surface area contributed by atoms with Gasteiger partial charge in [0.15, 0.2) is 0 Å². The van der Waals surface area contributed by atoms with Crippen LogP contribution in [-0.2, 0) is 16.1 Å². The molecule has 1 aromatic carbocycles. The molecule has 3 N–H and O–H groups in total. The van der Waals surface area contributed by atoms with Crippen molar-refractivity contribution in [3.8, 4) is 0 Å². The maximum absolute atomic E-state index is 12.0. The van der Waals surface area contributed by atoms with E-state index in [1.54, 1.807) is 11.8 Å². The summed E-state index contributed by atoms with van der Waals surface area (Å²) in [6.45, 7) is 4.63. The van der Waals surface area contributed by atoms with E-state index in [-0.39, 0.29) is 18.4 Å². The first-order valence-corrected chi connectivity index (χ1v) is 6.39. The lowest BCUT2D eigenvalue weighted by Crippen LogP contribution is -2.44. The third kappa shape index (κ3) is 5.09. The summed E-state index contributed by atoms with van der Waals surface area (Å²) in [6, 6.07) is 9.14. The first-order valence-electron chi connectivity index (χ1n) is 6.39. The number of rotatable bonds is 6. The van der Waals surface area contributed by atoms with Crippen LogP contribution in [0, 0.1) is 0 Å². The van der Waals surface area contributed by atoms with Crippen LogP contribution in [-0.4, -0.2) is 35.8 Å². The zero-order valence-electron chi connectivity index (χ0n) is 11.4. The molecule has 0 saturated heterocycles. The van der Waals surface area contributed by atoms with Gasteiger partial charge in [-0.3, -0.25) is 9.59 Å². The summed E-state index contributed by atoms with van der Waals surface area (Å²) in [5, 5.41) is 2.53. The lowest BCUT2D eigenvalue weighted by molar-refractivity contribution is -0.133. The molecule has 5 heteroatoms. The molecule has 2 amide bonds. The number of amides is 2. The summed E-state index contributed by atoms with van der Waals surface area (Å²) in [5.41, 5.74) is 6.48. The number of nitrogens with zero attached hydrogens (tertiary/aromatic N) is 1. The second-order valence-corrected chi connectivity index (χ2v) is 4.40. The fourth-order valence-electron chi connectivity index (χ4n) is 1.62. The zero-order chi connectivity index (χ0) is 14.3. The van der Waals surface area contributed by atoms with Crippen molar-refractivity contribution in [2.45, 2.75) is 26.4 Å². The van der Waals surface area contributed by atoms with Crippen LogP contribution in [0.5, 0.6) is 0 Å². The van der Waals surface area contributed by atoms with Gasteiger partial charge in [0, 0.05) is 13.1 Å². The average molecular weight is 263 g/mol. The number of hydrogen-bond donors (Lipinski definition) is 2. The van der Waals surface area contributed by atoms with Gasteiger partial charge in [-0.25, -0.2) is 0 Å². The quantitative estimate of drug-likeness (QED) is 0.784. The van der Waals surface area contributed by atoms with Crippen molar-refractivity contribution in [2.75, 3.05) is 13.1 Å². The number of nitrogens with one attached hydrogen (secondary N) is 1. The number of likely N-dealkylation sites (N-methyl/N-ethyl adjacent to an activating group) is 1. The highest BCUT2D eigenvalue weighted by atomic mass is 16.2. The van der Waals surface area contributed by atoms with Gasteiger partial charge < -0.3 is 16.0 Å². The van der Waals surface area contributed by atoms with Gasteiger partial charge in [0.25, 0.3) is 0 Å². The van der Waals surface area contributed by atoms with E-state index in [2.05, 4.69) is 5.32 Å². The molecule has 0 heterocycles. The predicted octanol–water partition coefficient (Wildman–Crippen LogP) is 0.499. The summed E-state index contributed by atoms with van der Waals surface area (Å²) in [6.07, 6.45) is 0. The minimum Gasteiger partial charge on any atom is -0.346 e. The highest BCUT2D eigenvalue weighted by molar-refractivity contribution is 5.87. The maximum Gasteiger partial charge on any atom is 0.242 e. The van der Waals surface area contributed by atoms with Gasteiger partial charge in [0.05, 0.1) is 12.6 Å². The van der Waals surface area contributed by atoms with Crippen LogP contribution in [0.4, 0.5) is 0 Å². The summed E-state index contributed by atoms with van der Waals surface area (Å²) >= 11 is 0. The van der Waals surface area contributed by atoms with Crippen molar-refractivity contribution in [2.24, 2.45) is 5.73 Å². The lowest BCUT2D eigenvalue weighted by Gasteiger charge is -2.21. The molecular formula is C14H21N3O2. The summed E-state index contributed by atoms with van der Waals surface area (Å²) in [7, 11) is 0. The SMILES string of the molecule is CCN(Cc1ccccc1)C(=O)CNC(=O)[C@H](C)N. The van der Waals surface area contributed by atoms with E-state index in [9.17, 15) is 9.59 Å². The molecule has 104 valence electrons. The Kier molecular flexibility index (Phi) is 6.02. The third-order valence-electron chi connectivity index (χ3n) is 2.78. The zero-order valence-corrected chi connectivity index (χ0v) is 11.4. The Morgan fingerprint density at radius 3 is 2.47 bits per heavy atom. The third-order valence-corrected chi connectivity index (χ3v) is 2.78. The summed E-state index contributed by atoms with van der Waals surface area (Å²) in [4.78, 5) is 25.0. The molecule has 0 unspecified atom stereocenters. The van der Waals surface area contributed by atoms with Gasteiger partial charge in [-0.1, -0.05) is 30.3 Å². The van der Waals surface area contributed by atoms with Crippen molar-refractivity contribution in [3.05, 3.63) is 35.9 Å². The van der Waals surface area contributed by atoms with Crippen LogP contribution in [0.3, 0.4) is 0 Å². The molecule has 19 heavy (non-hydrogen) atoms. The van der Waals surface area contributed by atoms with Gasteiger partial charge in [0.1, 0.15) is 0 Å². The smallest absolute Gasteiger partial charge is 0.242 e. The maximum atomic E-state index is 12.0. The fourth-order valence-corrected chi connectivity index (χ4v) is 1.62. The Morgan fingerprint density at radius 2 is 1.95 bits per heavy atom. The second-order valence-electron chi connectivity index (χ2n) is 4.40. The predicted molar refractivity (Wildman–Crippen MR) is 74.2 cm³/mol. The summed E-state index contributed by atoms with van der Waals surface area (Å²) in [5.74, 6) is -0.426. The standard InChI is InChI=1S/C14H21N3O2/c1-3-17(10-12-7-5-4-6-8-12)13(18)9-16-14(19)11(2)15/h4-8,11H,3,9-10,15H2,1-2H3,(H,16,19)/t11-/m0/s1. The van der Waals surface area contributed by atoms with Crippen LogP contribution in [0.25, 0.3) is 0 Å². The van der Waals surface area contributed by atoms with Gasteiger partial charge in [-0.2, -0.15) is 0 Å². The molecular weight excluding hydrogens is 242 g/mol. The molecule has 0 spiro atoms. The number of carbonyl (C=O) groups excluding carboxylic acids is 2. The summed E-state index contributed by atoms with van der Waals surface area (Å²) < 4.78 is 0. The topological polar surface area (TPSA) is 75.4 Å². The van der Waals surface area contributed by atoms with Crippen LogP contribution in [0.15, 0.2) is 30.3 Å². The number of nitrogens with two attached hydrogens (primary N) is 1. The molecule has 5 nitrogen and oxygen atoms in total. The van der Waals surface area contributed by atoms with Gasteiger partial charge in [-0.15, -0.1) is 0 Å². The van der Waals surface area contributed by atoms with E-state index in [0.29, 0.717) is 13.1 Å². The Bertz CT molecular complexity index is 418. The number of carbonyl (C=O) groups is 2. The van der Waals surface area contributed by atoms with E-state index < -0.39 is 6.04 Å². The molecule has 0 radical (unpaired) electrons. The molecule has 1 rings (SSSR count). The largest absolute Gasteiger partial charge is 0.346 e. The van der Waals surface area contributed by atoms with Crippen LogP contribution < -0.4 is 11.1 Å². The molecule has 1 atom stereocenters. The van der Waals surface area contributed by atoms with Crippen molar-refractivity contribution in [1.29, 1.82) is 0 Å². The Morgan fingerprint density at radius 1 is 1.32 bits per heavy atom. The first-order chi connectivity index (χ1) is 9.04. The molecule has 1 aromatic rings. The highest BCUT2D eigenvalue weighted by Gasteiger charge is 2.14. The normalized spacial score (nSPS) is 11.7. The number of benzene rings is 1. The highest BCUT2D eigenvalue weighted by Crippen LogP contribution is 2.04. The molecule has 0 aliphatic rings. The minimum absolute atomic E-state index is 0.0129. The molecule has 0 aromatic heterocycles. The van der Waals surface area contributed by atoms with Crippen LogP contribution in [0.1, 0.15) is 19.4 Å². The van der Waals surface area contributed by atoms with Crippen molar-refractivity contribution in [3.63, 3.8) is 0 Å². The fraction of sp³-hybridized carbons (Fsp3) is 0.429. The molecule has 0 bridgehead atoms. The van der Waals surface area contributed by atoms with E-state index in [1.807, 2.05) is 37.3 Å². The van der Waals surface area contributed by atoms with Gasteiger partial charge >= 0.3 is 0 Å². The average Bonchev–Trinajstić information content (AvgIpc) is 2.42. The Balaban J connectivity index is 2.50. The lowest BCUT2D eigenvalue weighted by atomic mass is 10.2. The van der Waals surface area contributed by atoms with Crippen LogP contribution >= 0.6 is 0 Å². The Labute approximate surface area is 113 Å². The number of hydrogen-bond acceptors (Lipinski definition) is 3. The van der Waals surface area contributed by atoms with Gasteiger partial charge in [-0.05, 0) is 19.4 Å². The minimum atomic E-state index is -0.600. The van der Waals surface area contributed by atoms with E-state index in [4.69, 9.17) is 5.73 Å². The Hall–Kier alpha value is -1.88. The monoisotopic (exact) mass is 263 g/mol. The second kappa shape index (κ2) is 7.53. The van der Waals surface area contributed by atoms with E-state index >= 15 is 0 Å². The molecule has 0 saturated carbocycles. The van der Waals surface area contributed by atoms with Crippen molar-refractivity contribution in [1.82, 2.24) is 10.2 Å². The van der Waals surface area contributed by atoms with Gasteiger partial charge in [0.2, 0.25) is 11.8 Å². The van der Waals surface area contributed by atoms with Crippen molar-refractivity contribution < 1.29 is 9.59 Å². The molecule has 0 fully saturated rings. The van der Waals surface area contributed by atoms with E-state index in [0.717, 1.165) is 5.56 Å².